The number of hydrogen-bond acceptors (Lipinski definition) is 1. The molecule has 102 valence electrons. The van der Waals surface area contributed by atoms with E-state index in [4.69, 9.17) is 5.10 Å². The van der Waals surface area contributed by atoms with Gasteiger partial charge in [0.25, 0.3) is 0 Å². The first-order chi connectivity index (χ1) is 8.79. The van der Waals surface area contributed by atoms with Crippen molar-refractivity contribution in [1.29, 1.82) is 0 Å². The molecule has 0 saturated heterocycles. The van der Waals surface area contributed by atoms with Gasteiger partial charge in [-0.05, 0) is 36.6 Å². The number of rotatable bonds is 2. The molecular formula is C17H24N2. The first kappa shape index (κ1) is 13.9. The second-order valence-electron chi connectivity index (χ2n) is 6.61. The third kappa shape index (κ3) is 2.89. The Morgan fingerprint density at radius 3 is 2.32 bits per heavy atom. The summed E-state index contributed by atoms with van der Waals surface area (Å²) in [6, 6.07) is 10.8. The van der Waals surface area contributed by atoms with E-state index in [1.54, 1.807) is 0 Å². The zero-order valence-electron chi connectivity index (χ0n) is 12.9. The highest BCUT2D eigenvalue weighted by molar-refractivity contribution is 5.38. The van der Waals surface area contributed by atoms with Gasteiger partial charge in [-0.2, -0.15) is 5.10 Å². The van der Waals surface area contributed by atoms with E-state index >= 15 is 0 Å². The van der Waals surface area contributed by atoms with Crippen molar-refractivity contribution < 1.29 is 0 Å². The van der Waals surface area contributed by atoms with E-state index in [2.05, 4.69) is 76.6 Å². The molecule has 0 saturated carbocycles. The summed E-state index contributed by atoms with van der Waals surface area (Å²) in [6.07, 6.45) is 0. The van der Waals surface area contributed by atoms with Crippen LogP contribution in [0, 0.1) is 6.92 Å². The molecule has 2 rings (SSSR count). The van der Waals surface area contributed by atoms with E-state index in [0.717, 1.165) is 11.4 Å². The van der Waals surface area contributed by atoms with Gasteiger partial charge in [-0.3, -0.25) is 0 Å². The van der Waals surface area contributed by atoms with Crippen molar-refractivity contribution in [2.24, 2.45) is 0 Å². The van der Waals surface area contributed by atoms with E-state index in [9.17, 15) is 0 Å². The fraction of sp³-hybridized carbons (Fsp3) is 0.471. The van der Waals surface area contributed by atoms with Crippen molar-refractivity contribution in [3.63, 3.8) is 0 Å². The van der Waals surface area contributed by atoms with Gasteiger partial charge in [0.1, 0.15) is 0 Å². The average Bonchev–Trinajstić information content (AvgIpc) is 2.73. The van der Waals surface area contributed by atoms with Crippen LogP contribution >= 0.6 is 0 Å². The highest BCUT2D eigenvalue weighted by Crippen LogP contribution is 2.27. The quantitative estimate of drug-likeness (QED) is 0.767. The van der Waals surface area contributed by atoms with E-state index in [1.807, 2.05) is 0 Å². The minimum Gasteiger partial charge on any atom is -0.237 e. The van der Waals surface area contributed by atoms with Crippen LogP contribution in [-0.2, 0) is 5.41 Å². The molecule has 0 N–H and O–H groups in total. The number of aromatic nitrogens is 2. The number of aryl methyl sites for hydroxylation is 1. The van der Waals surface area contributed by atoms with Crippen LogP contribution in [0.3, 0.4) is 0 Å². The highest BCUT2D eigenvalue weighted by Gasteiger charge is 2.21. The maximum absolute atomic E-state index is 4.83. The molecule has 0 amide bonds. The van der Waals surface area contributed by atoms with Gasteiger partial charge in [-0.15, -0.1) is 0 Å². The second kappa shape index (κ2) is 4.84. The van der Waals surface area contributed by atoms with E-state index in [1.165, 1.54) is 11.3 Å². The van der Waals surface area contributed by atoms with Crippen LogP contribution < -0.4 is 0 Å². The molecule has 1 aromatic carbocycles. The molecule has 0 atom stereocenters. The first-order valence-electron chi connectivity index (χ1n) is 6.96. The minimum atomic E-state index is 0.0821. The Bertz CT molecular complexity index is 571. The van der Waals surface area contributed by atoms with Crippen molar-refractivity contribution >= 4 is 0 Å². The monoisotopic (exact) mass is 256 g/mol. The smallest absolute Gasteiger partial charge is 0.0685 e. The number of hydrogen-bond donors (Lipinski definition) is 0. The summed E-state index contributed by atoms with van der Waals surface area (Å²) in [4.78, 5) is 0. The molecule has 2 aromatic rings. The zero-order valence-corrected chi connectivity index (χ0v) is 12.9. The van der Waals surface area contributed by atoms with Crippen molar-refractivity contribution in [2.75, 3.05) is 0 Å². The summed E-state index contributed by atoms with van der Waals surface area (Å²) < 4.78 is 2.10. The van der Waals surface area contributed by atoms with Crippen LogP contribution in [0.1, 0.15) is 57.5 Å². The Balaban J connectivity index is 2.59. The van der Waals surface area contributed by atoms with E-state index < -0.39 is 0 Å². The lowest BCUT2D eigenvalue weighted by molar-refractivity contribution is 0.559. The molecule has 0 aliphatic heterocycles. The van der Waals surface area contributed by atoms with Gasteiger partial charge < -0.3 is 0 Å². The largest absolute Gasteiger partial charge is 0.237 e. The molecule has 19 heavy (non-hydrogen) atoms. The fourth-order valence-corrected chi connectivity index (χ4v) is 2.14. The maximum atomic E-state index is 4.83. The van der Waals surface area contributed by atoms with E-state index in [0.29, 0.717) is 5.92 Å². The Kier molecular flexibility index (Phi) is 3.53. The predicted molar refractivity (Wildman–Crippen MR) is 81.1 cm³/mol. The molecule has 0 unspecified atom stereocenters. The zero-order chi connectivity index (χ0) is 14.2. The van der Waals surface area contributed by atoms with Gasteiger partial charge in [0.05, 0.1) is 11.4 Å². The SMILES string of the molecule is Cc1cccc(-n2nc(C(C)(C)C)cc2C(C)C)c1. The van der Waals surface area contributed by atoms with Gasteiger partial charge >= 0.3 is 0 Å². The summed E-state index contributed by atoms with van der Waals surface area (Å²) in [5.74, 6) is 0.462. The summed E-state index contributed by atoms with van der Waals surface area (Å²) in [5, 5.41) is 4.83. The molecule has 0 radical (unpaired) electrons. The molecule has 1 aromatic heterocycles. The molecule has 2 nitrogen and oxygen atoms in total. The van der Waals surface area contributed by atoms with Crippen LogP contribution in [0.15, 0.2) is 30.3 Å². The lowest BCUT2D eigenvalue weighted by Crippen LogP contribution is -2.12. The summed E-state index contributed by atoms with van der Waals surface area (Å²) in [5.41, 5.74) is 4.92. The van der Waals surface area contributed by atoms with Gasteiger partial charge in [0.2, 0.25) is 0 Å². The molecule has 0 fully saturated rings. The van der Waals surface area contributed by atoms with Crippen LogP contribution in [0.2, 0.25) is 0 Å². The molecule has 0 aliphatic rings. The lowest BCUT2D eigenvalue weighted by Gasteiger charge is -2.14. The molecule has 0 spiro atoms. The van der Waals surface area contributed by atoms with Crippen molar-refractivity contribution in [3.8, 4) is 5.69 Å². The van der Waals surface area contributed by atoms with Crippen LogP contribution in [0.25, 0.3) is 5.69 Å². The Hall–Kier alpha value is -1.57. The number of benzene rings is 1. The Morgan fingerprint density at radius 1 is 1.11 bits per heavy atom. The van der Waals surface area contributed by atoms with Gasteiger partial charge in [0, 0.05) is 11.1 Å². The molecular weight excluding hydrogens is 232 g/mol. The molecule has 0 bridgehead atoms. The molecule has 2 heteroatoms. The second-order valence-corrected chi connectivity index (χ2v) is 6.61. The summed E-state index contributed by atoms with van der Waals surface area (Å²) in [6.45, 7) is 13.2. The van der Waals surface area contributed by atoms with Crippen molar-refractivity contribution in [3.05, 3.63) is 47.3 Å². The Labute approximate surface area is 116 Å². The third-order valence-electron chi connectivity index (χ3n) is 3.34. The van der Waals surface area contributed by atoms with Crippen molar-refractivity contribution in [2.45, 2.75) is 52.9 Å². The van der Waals surface area contributed by atoms with Crippen LogP contribution in [0.4, 0.5) is 0 Å². The van der Waals surface area contributed by atoms with Crippen molar-refractivity contribution in [1.82, 2.24) is 9.78 Å². The lowest BCUT2D eigenvalue weighted by atomic mass is 9.91. The minimum absolute atomic E-state index is 0.0821. The van der Waals surface area contributed by atoms with Crippen LogP contribution in [-0.4, -0.2) is 9.78 Å². The molecule has 0 aliphatic carbocycles. The topological polar surface area (TPSA) is 17.8 Å². The average molecular weight is 256 g/mol. The standard InChI is InChI=1S/C17H24N2/c1-12(2)15-11-16(17(4,5)6)18-19(15)14-9-7-8-13(3)10-14/h7-12H,1-6H3. The maximum Gasteiger partial charge on any atom is 0.0685 e. The Morgan fingerprint density at radius 2 is 1.79 bits per heavy atom. The third-order valence-corrected chi connectivity index (χ3v) is 3.34. The van der Waals surface area contributed by atoms with Gasteiger partial charge in [-0.1, -0.05) is 46.8 Å². The fourth-order valence-electron chi connectivity index (χ4n) is 2.14. The first-order valence-corrected chi connectivity index (χ1v) is 6.96. The predicted octanol–water partition coefficient (Wildman–Crippen LogP) is 4.60. The normalized spacial score (nSPS) is 12.2. The highest BCUT2D eigenvalue weighted by atomic mass is 15.3. The van der Waals surface area contributed by atoms with Crippen LogP contribution in [0.5, 0.6) is 0 Å². The van der Waals surface area contributed by atoms with E-state index in [-0.39, 0.29) is 5.41 Å². The van der Waals surface area contributed by atoms with Gasteiger partial charge in [0.15, 0.2) is 0 Å². The summed E-state index contributed by atoms with van der Waals surface area (Å²) in [7, 11) is 0. The molecule has 1 heterocycles. The summed E-state index contributed by atoms with van der Waals surface area (Å²) >= 11 is 0. The number of nitrogens with zero attached hydrogens (tertiary/aromatic N) is 2. The van der Waals surface area contributed by atoms with Gasteiger partial charge in [-0.25, -0.2) is 4.68 Å².